The van der Waals surface area contributed by atoms with Crippen LogP contribution >= 0.6 is 11.6 Å². The van der Waals surface area contributed by atoms with E-state index in [0.29, 0.717) is 19.2 Å². The van der Waals surface area contributed by atoms with E-state index >= 15 is 0 Å². The maximum absolute atomic E-state index is 14.2. The lowest BCUT2D eigenvalue weighted by molar-refractivity contribution is -0.127. The number of nitrogens with zero attached hydrogens (tertiary/aromatic N) is 2. The van der Waals surface area contributed by atoms with E-state index in [1.807, 2.05) is 0 Å². The van der Waals surface area contributed by atoms with Crippen molar-refractivity contribution in [1.29, 1.82) is 0 Å². The van der Waals surface area contributed by atoms with Crippen molar-refractivity contribution < 1.29 is 26.8 Å². The minimum absolute atomic E-state index is 0.126. The first-order chi connectivity index (χ1) is 17.2. The van der Waals surface area contributed by atoms with Crippen LogP contribution in [0.25, 0.3) is 0 Å². The van der Waals surface area contributed by atoms with Crippen molar-refractivity contribution in [3.8, 4) is 0 Å². The molecular formula is C24H27ClF2N4O4S. The molecule has 2 aromatic rings. The van der Waals surface area contributed by atoms with Gasteiger partial charge in [-0.2, -0.15) is 17.4 Å². The monoisotopic (exact) mass is 540 g/mol. The van der Waals surface area contributed by atoms with E-state index in [4.69, 9.17) is 11.6 Å². The van der Waals surface area contributed by atoms with Crippen LogP contribution in [-0.2, 0) is 19.8 Å². The number of benzene rings is 2. The second-order valence-corrected chi connectivity index (χ2v) is 11.0. The van der Waals surface area contributed by atoms with Gasteiger partial charge in [0.1, 0.15) is 17.7 Å². The molecule has 1 aliphatic carbocycles. The summed E-state index contributed by atoms with van der Waals surface area (Å²) < 4.78 is 56.3. The number of hydrogen-bond donors (Lipinski definition) is 2. The van der Waals surface area contributed by atoms with Crippen LogP contribution in [0, 0.1) is 11.6 Å². The van der Waals surface area contributed by atoms with E-state index in [1.165, 1.54) is 6.07 Å². The lowest BCUT2D eigenvalue weighted by Crippen LogP contribution is -2.50. The molecule has 0 radical (unpaired) electrons. The van der Waals surface area contributed by atoms with E-state index in [9.17, 15) is 26.8 Å². The van der Waals surface area contributed by atoms with E-state index in [-0.39, 0.29) is 22.3 Å². The lowest BCUT2D eigenvalue weighted by Gasteiger charge is -2.34. The molecule has 36 heavy (non-hydrogen) atoms. The Kier molecular flexibility index (Phi) is 8.23. The van der Waals surface area contributed by atoms with Gasteiger partial charge in [0.25, 0.3) is 10.2 Å². The maximum Gasteiger partial charge on any atom is 0.280 e. The van der Waals surface area contributed by atoms with Crippen LogP contribution in [0.2, 0.25) is 5.02 Å². The van der Waals surface area contributed by atoms with Crippen LogP contribution in [-0.4, -0.2) is 50.2 Å². The summed E-state index contributed by atoms with van der Waals surface area (Å²) in [5.74, 6) is -3.38. The quantitative estimate of drug-likeness (QED) is 0.477. The van der Waals surface area contributed by atoms with Crippen molar-refractivity contribution in [2.24, 2.45) is 0 Å². The van der Waals surface area contributed by atoms with Gasteiger partial charge < -0.3 is 5.32 Å². The smallest absolute Gasteiger partial charge is 0.280 e. The van der Waals surface area contributed by atoms with Crippen LogP contribution in [0.1, 0.15) is 43.7 Å². The lowest BCUT2D eigenvalue weighted by atomic mass is 9.94. The maximum atomic E-state index is 14.2. The molecule has 1 atom stereocenters. The Morgan fingerprint density at radius 1 is 1.06 bits per heavy atom. The summed E-state index contributed by atoms with van der Waals surface area (Å²) >= 11 is 6.42. The second kappa shape index (κ2) is 11.2. The van der Waals surface area contributed by atoms with E-state index in [2.05, 4.69) is 10.0 Å². The van der Waals surface area contributed by atoms with E-state index in [1.54, 1.807) is 18.2 Å². The molecule has 1 saturated heterocycles. The molecule has 4 rings (SSSR count). The van der Waals surface area contributed by atoms with Crippen molar-refractivity contribution in [1.82, 2.24) is 14.3 Å². The number of nitrogens with one attached hydrogen (secondary N) is 2. The van der Waals surface area contributed by atoms with Gasteiger partial charge in [0, 0.05) is 35.8 Å². The number of hydrogen-bond acceptors (Lipinski definition) is 4. The molecule has 2 amide bonds. The molecule has 0 bridgehead atoms. The summed E-state index contributed by atoms with van der Waals surface area (Å²) in [4.78, 5) is 28.1. The number of rotatable bonds is 9. The average Bonchev–Trinajstić information content (AvgIpc) is 3.68. The number of amides is 2. The summed E-state index contributed by atoms with van der Waals surface area (Å²) in [6.07, 6.45) is 4.47. The largest absolute Gasteiger partial charge is 0.351 e. The molecule has 0 spiro atoms. The zero-order valence-electron chi connectivity index (χ0n) is 19.4. The highest BCUT2D eigenvalue weighted by Crippen LogP contribution is 2.33. The van der Waals surface area contributed by atoms with Gasteiger partial charge in [-0.1, -0.05) is 49.1 Å². The minimum atomic E-state index is -3.89. The van der Waals surface area contributed by atoms with Crippen molar-refractivity contribution in [2.75, 3.05) is 24.5 Å². The standard InChI is InChI=1S/C24H27ClF2N4O4S/c25-21-9-5-4-8-20(21)23(24(33)29-18-6-2-1-3-7-18)31(19-13-16(26)12-17(27)14-19)22(32)15-28-36(34,35)30-10-11-30/h4-5,8-9,12-14,18,23,28H,1-3,6-7,10-11,15H2,(H,29,33). The molecule has 2 aliphatic rings. The third kappa shape index (κ3) is 6.39. The minimum Gasteiger partial charge on any atom is -0.351 e. The van der Waals surface area contributed by atoms with Gasteiger partial charge in [0.15, 0.2) is 0 Å². The van der Waals surface area contributed by atoms with Crippen molar-refractivity contribution in [2.45, 2.75) is 44.2 Å². The van der Waals surface area contributed by atoms with Gasteiger partial charge >= 0.3 is 0 Å². The van der Waals surface area contributed by atoms with Crippen molar-refractivity contribution in [3.63, 3.8) is 0 Å². The average molecular weight is 541 g/mol. The molecule has 0 aromatic heterocycles. The molecule has 2 aromatic carbocycles. The first-order valence-electron chi connectivity index (χ1n) is 11.7. The predicted octanol–water partition coefficient (Wildman–Crippen LogP) is 3.29. The molecule has 2 fully saturated rings. The summed E-state index contributed by atoms with van der Waals surface area (Å²) in [5, 5.41) is 3.12. The molecule has 2 N–H and O–H groups in total. The van der Waals surface area contributed by atoms with Gasteiger partial charge in [-0.25, -0.2) is 8.78 Å². The Morgan fingerprint density at radius 2 is 1.69 bits per heavy atom. The second-order valence-electron chi connectivity index (χ2n) is 8.88. The molecule has 12 heteroatoms. The zero-order chi connectivity index (χ0) is 25.9. The SMILES string of the molecule is O=C(NC1CCCCC1)C(c1ccccc1Cl)N(C(=O)CNS(=O)(=O)N1CC1)c1cc(F)cc(F)c1. The van der Waals surface area contributed by atoms with Crippen molar-refractivity contribution in [3.05, 3.63) is 64.7 Å². The fraction of sp³-hybridized carbons (Fsp3) is 0.417. The van der Waals surface area contributed by atoms with Crippen LogP contribution in [0.4, 0.5) is 14.5 Å². The van der Waals surface area contributed by atoms with Gasteiger partial charge in [0.05, 0.1) is 12.2 Å². The molecule has 1 aliphatic heterocycles. The fourth-order valence-corrected chi connectivity index (χ4v) is 5.64. The number of anilines is 1. The summed E-state index contributed by atoms with van der Waals surface area (Å²) in [5.41, 5.74) is -0.00793. The zero-order valence-corrected chi connectivity index (χ0v) is 21.0. The number of halogens is 3. The Balaban J connectivity index is 1.74. The highest BCUT2D eigenvalue weighted by molar-refractivity contribution is 7.87. The van der Waals surface area contributed by atoms with E-state index in [0.717, 1.165) is 53.4 Å². The molecule has 1 saturated carbocycles. The third-order valence-corrected chi connectivity index (χ3v) is 8.10. The van der Waals surface area contributed by atoms with Gasteiger partial charge in [-0.3, -0.25) is 14.5 Å². The fourth-order valence-electron chi connectivity index (χ4n) is 4.35. The third-order valence-electron chi connectivity index (χ3n) is 6.20. The highest BCUT2D eigenvalue weighted by Gasteiger charge is 2.37. The summed E-state index contributed by atoms with van der Waals surface area (Å²) in [6, 6.07) is 7.29. The van der Waals surface area contributed by atoms with Crippen LogP contribution in [0.15, 0.2) is 42.5 Å². The van der Waals surface area contributed by atoms with Crippen LogP contribution in [0.3, 0.4) is 0 Å². The summed E-state index contributed by atoms with van der Waals surface area (Å²) in [6.45, 7) is -0.0720. The van der Waals surface area contributed by atoms with Crippen molar-refractivity contribution >= 4 is 39.3 Å². The van der Waals surface area contributed by atoms with Gasteiger partial charge in [0.2, 0.25) is 11.8 Å². The Hall–Kier alpha value is -2.60. The van der Waals surface area contributed by atoms with Crippen LogP contribution < -0.4 is 14.9 Å². The molecule has 1 unspecified atom stereocenters. The number of carbonyl (C=O) groups excluding carboxylic acids is 2. The first kappa shape index (κ1) is 26.5. The Bertz CT molecular complexity index is 1220. The van der Waals surface area contributed by atoms with Gasteiger partial charge in [-0.05, 0) is 31.0 Å². The van der Waals surface area contributed by atoms with E-state index < -0.39 is 46.2 Å². The molecular weight excluding hydrogens is 514 g/mol. The molecule has 1 heterocycles. The van der Waals surface area contributed by atoms with Crippen LogP contribution in [0.5, 0.6) is 0 Å². The predicted molar refractivity (Wildman–Crippen MR) is 132 cm³/mol. The highest BCUT2D eigenvalue weighted by atomic mass is 35.5. The first-order valence-corrected chi connectivity index (χ1v) is 13.6. The Morgan fingerprint density at radius 3 is 2.31 bits per heavy atom. The summed E-state index contributed by atoms with van der Waals surface area (Å²) in [7, 11) is -3.89. The molecule has 194 valence electrons. The topological polar surface area (TPSA) is 98.6 Å². The molecule has 8 nitrogen and oxygen atoms in total. The van der Waals surface area contributed by atoms with Gasteiger partial charge in [-0.15, -0.1) is 0 Å². The normalized spacial score (nSPS) is 17.4. The number of carbonyl (C=O) groups is 2. The Labute approximate surface area is 213 Å².